The van der Waals surface area contributed by atoms with Gasteiger partial charge in [0, 0.05) is 11.6 Å². The third-order valence-electron chi connectivity index (χ3n) is 2.00. The van der Waals surface area contributed by atoms with Crippen LogP contribution in [0.4, 0.5) is 0 Å². The molecule has 1 aromatic carbocycles. The van der Waals surface area contributed by atoms with Crippen LogP contribution in [0.15, 0.2) is 30.5 Å². The monoisotopic (exact) mass is 156 g/mol. The smallest absolute Gasteiger partial charge is 0.0704 e. The highest BCUT2D eigenvalue weighted by Crippen LogP contribution is 2.16. The van der Waals surface area contributed by atoms with Crippen molar-refractivity contribution < 1.29 is 0 Å². The first kappa shape index (κ1) is 7.29. The maximum atomic E-state index is 4.28. The van der Waals surface area contributed by atoms with E-state index in [0.29, 0.717) is 0 Å². The van der Waals surface area contributed by atoms with E-state index in [2.05, 4.69) is 31.0 Å². The predicted octanol–water partition coefficient (Wildman–Crippen LogP) is 2.73. The van der Waals surface area contributed by atoms with Gasteiger partial charge >= 0.3 is 0 Å². The van der Waals surface area contributed by atoms with Crippen LogP contribution in [0.25, 0.3) is 10.9 Å². The average Bonchev–Trinajstić information content (AvgIpc) is 2.07. The van der Waals surface area contributed by atoms with Crippen LogP contribution < -0.4 is 0 Å². The van der Waals surface area contributed by atoms with Crippen molar-refractivity contribution in [2.45, 2.75) is 6.92 Å². The van der Waals surface area contributed by atoms with Crippen molar-refractivity contribution in [1.29, 1.82) is 0 Å². The van der Waals surface area contributed by atoms with Crippen LogP contribution in [0.1, 0.15) is 11.1 Å². The lowest BCUT2D eigenvalue weighted by Gasteiger charge is -2.00. The molecule has 59 valence electrons. The normalized spacial score (nSPS) is 10.5. The zero-order chi connectivity index (χ0) is 8.55. The summed E-state index contributed by atoms with van der Waals surface area (Å²) in [5, 5.41) is 1.20. The standard InChI is InChI=1S/C11H10N/c1-8-6-10-9(2)4-3-5-11(10)12-7-8/h3-7H,1H2,2H3. The molecular formula is C11H10N. The Balaban J connectivity index is 2.88. The molecule has 0 N–H and O–H groups in total. The lowest BCUT2D eigenvalue weighted by molar-refractivity contribution is 1.37. The number of rotatable bonds is 0. The second-order valence-electron chi connectivity index (χ2n) is 2.99. The van der Waals surface area contributed by atoms with Gasteiger partial charge in [-0.15, -0.1) is 0 Å². The summed E-state index contributed by atoms with van der Waals surface area (Å²) < 4.78 is 0. The van der Waals surface area contributed by atoms with Crippen LogP contribution in [-0.2, 0) is 0 Å². The molecule has 0 aliphatic rings. The fourth-order valence-electron chi connectivity index (χ4n) is 1.34. The van der Waals surface area contributed by atoms with E-state index in [1.165, 1.54) is 10.9 Å². The van der Waals surface area contributed by atoms with Crippen LogP contribution in [0, 0.1) is 13.8 Å². The van der Waals surface area contributed by atoms with Crippen molar-refractivity contribution >= 4 is 10.9 Å². The third kappa shape index (κ3) is 1.07. The molecular weight excluding hydrogens is 146 g/mol. The summed E-state index contributed by atoms with van der Waals surface area (Å²) >= 11 is 0. The van der Waals surface area contributed by atoms with Crippen molar-refractivity contribution in [3.05, 3.63) is 48.5 Å². The molecule has 2 aromatic rings. The van der Waals surface area contributed by atoms with E-state index < -0.39 is 0 Å². The molecule has 0 aliphatic heterocycles. The Morgan fingerprint density at radius 3 is 3.00 bits per heavy atom. The van der Waals surface area contributed by atoms with Gasteiger partial charge in [0.2, 0.25) is 0 Å². The number of pyridine rings is 1. The van der Waals surface area contributed by atoms with Crippen molar-refractivity contribution in [3.63, 3.8) is 0 Å². The highest BCUT2D eigenvalue weighted by molar-refractivity contribution is 5.82. The van der Waals surface area contributed by atoms with E-state index in [9.17, 15) is 0 Å². The van der Waals surface area contributed by atoms with Gasteiger partial charge in [0.25, 0.3) is 0 Å². The summed E-state index contributed by atoms with van der Waals surface area (Å²) in [4.78, 5) is 4.28. The summed E-state index contributed by atoms with van der Waals surface area (Å²) in [6.45, 7) is 5.94. The minimum atomic E-state index is 0.969. The van der Waals surface area contributed by atoms with Crippen LogP contribution in [-0.4, -0.2) is 4.98 Å². The molecule has 0 fully saturated rings. The topological polar surface area (TPSA) is 12.9 Å². The van der Waals surface area contributed by atoms with Gasteiger partial charge in [-0.2, -0.15) is 0 Å². The molecule has 1 aromatic heterocycles. The molecule has 0 amide bonds. The summed E-state index contributed by atoms with van der Waals surface area (Å²) in [5.74, 6) is 0. The zero-order valence-corrected chi connectivity index (χ0v) is 7.04. The van der Waals surface area contributed by atoms with Gasteiger partial charge in [-0.05, 0) is 37.1 Å². The van der Waals surface area contributed by atoms with Gasteiger partial charge in [0.05, 0.1) is 5.52 Å². The third-order valence-corrected chi connectivity index (χ3v) is 2.00. The maximum Gasteiger partial charge on any atom is 0.0704 e. The van der Waals surface area contributed by atoms with Gasteiger partial charge in [-0.25, -0.2) is 0 Å². The summed E-state index contributed by atoms with van der Waals surface area (Å²) in [6, 6.07) is 8.19. The number of aryl methyl sites for hydroxylation is 1. The number of benzene rings is 1. The van der Waals surface area contributed by atoms with Gasteiger partial charge in [-0.1, -0.05) is 12.1 Å². The molecule has 1 heteroatoms. The Morgan fingerprint density at radius 1 is 1.33 bits per heavy atom. The van der Waals surface area contributed by atoms with E-state index >= 15 is 0 Å². The quantitative estimate of drug-likeness (QED) is 0.571. The van der Waals surface area contributed by atoms with Crippen LogP contribution >= 0.6 is 0 Å². The van der Waals surface area contributed by atoms with Crippen LogP contribution in [0.5, 0.6) is 0 Å². The second-order valence-corrected chi connectivity index (χ2v) is 2.99. The largest absolute Gasteiger partial charge is 0.256 e. The fraction of sp³-hybridized carbons (Fsp3) is 0.0909. The van der Waals surface area contributed by atoms with Crippen molar-refractivity contribution in [1.82, 2.24) is 4.98 Å². The van der Waals surface area contributed by atoms with Gasteiger partial charge in [0.15, 0.2) is 0 Å². The Morgan fingerprint density at radius 2 is 2.17 bits per heavy atom. The van der Waals surface area contributed by atoms with Gasteiger partial charge in [-0.3, -0.25) is 4.98 Å². The number of hydrogen-bond donors (Lipinski definition) is 0. The maximum absolute atomic E-state index is 4.28. The molecule has 0 saturated heterocycles. The summed E-state index contributed by atoms with van der Waals surface area (Å²) in [6.07, 6.45) is 1.79. The first-order valence-electron chi connectivity index (χ1n) is 3.95. The first-order valence-corrected chi connectivity index (χ1v) is 3.95. The zero-order valence-electron chi connectivity index (χ0n) is 7.04. The minimum Gasteiger partial charge on any atom is -0.256 e. The Bertz CT molecular complexity index is 418. The van der Waals surface area contributed by atoms with E-state index in [0.717, 1.165) is 11.1 Å². The number of hydrogen-bond acceptors (Lipinski definition) is 1. The van der Waals surface area contributed by atoms with Crippen molar-refractivity contribution in [2.75, 3.05) is 0 Å². The fourth-order valence-corrected chi connectivity index (χ4v) is 1.34. The molecule has 0 saturated carbocycles. The molecule has 1 nitrogen and oxygen atoms in total. The number of nitrogens with zero attached hydrogens (tertiary/aromatic N) is 1. The first-order chi connectivity index (χ1) is 5.77. The van der Waals surface area contributed by atoms with E-state index in [1.54, 1.807) is 6.20 Å². The summed E-state index contributed by atoms with van der Waals surface area (Å²) in [7, 11) is 0. The van der Waals surface area contributed by atoms with E-state index in [4.69, 9.17) is 0 Å². The number of aromatic nitrogens is 1. The Labute approximate surface area is 72.1 Å². The van der Waals surface area contributed by atoms with Gasteiger partial charge < -0.3 is 0 Å². The van der Waals surface area contributed by atoms with Crippen LogP contribution in [0.3, 0.4) is 0 Å². The van der Waals surface area contributed by atoms with Gasteiger partial charge in [0.1, 0.15) is 0 Å². The summed E-state index contributed by atoms with van der Waals surface area (Å²) in [5.41, 5.74) is 3.27. The molecule has 2 rings (SSSR count). The lowest BCUT2D eigenvalue weighted by Crippen LogP contribution is -1.83. The second kappa shape index (κ2) is 2.59. The molecule has 1 radical (unpaired) electrons. The molecule has 1 heterocycles. The Kier molecular flexibility index (Phi) is 1.58. The highest BCUT2D eigenvalue weighted by Gasteiger charge is 1.96. The SMILES string of the molecule is [CH2]c1cnc2cccc(C)c2c1. The highest BCUT2D eigenvalue weighted by atomic mass is 14.6. The molecule has 0 aliphatic carbocycles. The molecule has 0 spiro atoms. The van der Waals surface area contributed by atoms with E-state index in [1.807, 2.05) is 12.1 Å². The molecule has 0 unspecified atom stereocenters. The molecule has 12 heavy (non-hydrogen) atoms. The lowest BCUT2D eigenvalue weighted by atomic mass is 10.1. The minimum absolute atomic E-state index is 0.969. The predicted molar refractivity (Wildman–Crippen MR) is 50.9 cm³/mol. The van der Waals surface area contributed by atoms with Crippen molar-refractivity contribution in [3.8, 4) is 0 Å². The van der Waals surface area contributed by atoms with Crippen molar-refractivity contribution in [2.24, 2.45) is 0 Å². The Hall–Kier alpha value is -1.37. The molecule has 0 atom stereocenters. The van der Waals surface area contributed by atoms with Crippen LogP contribution in [0.2, 0.25) is 0 Å². The average molecular weight is 156 g/mol. The van der Waals surface area contributed by atoms with E-state index in [-0.39, 0.29) is 0 Å². The molecule has 0 bridgehead atoms. The number of fused-ring (bicyclic) bond motifs is 1.